The summed E-state index contributed by atoms with van der Waals surface area (Å²) in [4.78, 5) is 13.5. The molecule has 4 nitrogen and oxygen atoms in total. The first-order valence-electron chi connectivity index (χ1n) is 6.29. The normalized spacial score (nSPS) is 10.5. The Labute approximate surface area is 114 Å². The number of hydrogen-bond acceptors (Lipinski definition) is 4. The summed E-state index contributed by atoms with van der Waals surface area (Å²) in [6.45, 7) is 5.78. The first kappa shape index (κ1) is 15.4. The van der Waals surface area contributed by atoms with E-state index in [-0.39, 0.29) is 19.0 Å². The molecule has 4 heteroatoms. The Hall–Kier alpha value is -1.65. The number of rotatable bonds is 8. The minimum Gasteiger partial charge on any atom is -0.469 e. The van der Waals surface area contributed by atoms with Gasteiger partial charge in [-0.25, -0.2) is 0 Å². The molecule has 1 aromatic carbocycles. The molecule has 0 aliphatic heterocycles. The molecule has 19 heavy (non-hydrogen) atoms. The van der Waals surface area contributed by atoms with Gasteiger partial charge in [-0.3, -0.25) is 9.69 Å². The molecule has 1 rings (SSSR count). The summed E-state index contributed by atoms with van der Waals surface area (Å²) in [5, 5.41) is 9.04. The minimum absolute atomic E-state index is 0.104. The molecule has 0 bridgehead atoms. The fourth-order valence-corrected chi connectivity index (χ4v) is 1.91. The highest BCUT2D eigenvalue weighted by molar-refractivity contribution is 5.72. The lowest BCUT2D eigenvalue weighted by atomic mass is 10.0. The highest BCUT2D eigenvalue weighted by Crippen LogP contribution is 2.13. The van der Waals surface area contributed by atoms with E-state index in [2.05, 4.69) is 11.5 Å². The molecule has 104 valence electrons. The molecule has 0 atom stereocenters. The molecule has 0 aliphatic carbocycles. The maximum atomic E-state index is 11.4. The van der Waals surface area contributed by atoms with Crippen LogP contribution in [-0.2, 0) is 22.5 Å². The van der Waals surface area contributed by atoms with Crippen LogP contribution in [0.2, 0.25) is 0 Å². The second-order valence-electron chi connectivity index (χ2n) is 4.27. The maximum Gasteiger partial charge on any atom is 0.309 e. The van der Waals surface area contributed by atoms with Crippen molar-refractivity contribution in [1.29, 1.82) is 0 Å². The number of esters is 1. The van der Waals surface area contributed by atoms with Crippen molar-refractivity contribution < 1.29 is 14.6 Å². The summed E-state index contributed by atoms with van der Waals surface area (Å²) in [5.74, 6) is -0.245. The van der Waals surface area contributed by atoms with E-state index in [1.54, 1.807) is 6.08 Å². The number of aliphatic hydroxyl groups is 1. The standard InChI is InChI=1S/C15H21NO3/c1-3-8-16(9-10-17)12-14-7-5-4-6-13(14)11-15(18)19-2/h3-7,17H,1,8-12H2,2H3. The Balaban J connectivity index is 2.80. The average molecular weight is 263 g/mol. The molecule has 0 saturated carbocycles. The van der Waals surface area contributed by atoms with Gasteiger partial charge in [0.25, 0.3) is 0 Å². The van der Waals surface area contributed by atoms with Crippen LogP contribution in [0.1, 0.15) is 11.1 Å². The van der Waals surface area contributed by atoms with Crippen LogP contribution in [0.25, 0.3) is 0 Å². The largest absolute Gasteiger partial charge is 0.469 e. The molecular weight excluding hydrogens is 242 g/mol. The fraction of sp³-hybridized carbons (Fsp3) is 0.400. The second-order valence-corrected chi connectivity index (χ2v) is 4.27. The molecule has 0 aromatic heterocycles. The van der Waals surface area contributed by atoms with E-state index < -0.39 is 0 Å². The highest BCUT2D eigenvalue weighted by atomic mass is 16.5. The van der Waals surface area contributed by atoms with Gasteiger partial charge in [-0.1, -0.05) is 30.3 Å². The second kappa shape index (κ2) is 8.45. The molecule has 0 saturated heterocycles. The quantitative estimate of drug-likeness (QED) is 0.569. The number of ether oxygens (including phenoxy) is 1. The van der Waals surface area contributed by atoms with Gasteiger partial charge in [0.05, 0.1) is 20.1 Å². The van der Waals surface area contributed by atoms with E-state index in [9.17, 15) is 4.79 Å². The zero-order chi connectivity index (χ0) is 14.1. The predicted octanol–water partition coefficient (Wildman–Crippen LogP) is 1.38. The van der Waals surface area contributed by atoms with Crippen molar-refractivity contribution in [1.82, 2.24) is 4.90 Å². The third-order valence-electron chi connectivity index (χ3n) is 2.88. The first-order valence-corrected chi connectivity index (χ1v) is 6.29. The SMILES string of the molecule is C=CCN(CCO)Cc1ccccc1CC(=O)OC. The molecule has 1 N–H and O–H groups in total. The van der Waals surface area contributed by atoms with Crippen molar-refractivity contribution >= 4 is 5.97 Å². The van der Waals surface area contributed by atoms with Crippen LogP contribution in [0.3, 0.4) is 0 Å². The monoisotopic (exact) mass is 263 g/mol. The van der Waals surface area contributed by atoms with Gasteiger partial charge < -0.3 is 9.84 Å². The van der Waals surface area contributed by atoms with E-state index in [1.807, 2.05) is 24.3 Å². The fourth-order valence-electron chi connectivity index (χ4n) is 1.91. The Kier molecular flexibility index (Phi) is 6.85. The molecule has 0 heterocycles. The van der Waals surface area contributed by atoms with Crippen molar-refractivity contribution in [3.8, 4) is 0 Å². The zero-order valence-corrected chi connectivity index (χ0v) is 11.3. The molecule has 0 aliphatic rings. The van der Waals surface area contributed by atoms with Crippen LogP contribution in [0.15, 0.2) is 36.9 Å². The van der Waals surface area contributed by atoms with Crippen molar-refractivity contribution in [3.05, 3.63) is 48.0 Å². The number of aliphatic hydroxyl groups excluding tert-OH is 1. The zero-order valence-electron chi connectivity index (χ0n) is 11.3. The van der Waals surface area contributed by atoms with Gasteiger partial charge in [-0.05, 0) is 11.1 Å². The summed E-state index contributed by atoms with van der Waals surface area (Å²) >= 11 is 0. The van der Waals surface area contributed by atoms with Crippen molar-refractivity contribution in [2.24, 2.45) is 0 Å². The van der Waals surface area contributed by atoms with Crippen LogP contribution in [-0.4, -0.2) is 42.8 Å². The number of benzene rings is 1. The molecule has 0 amide bonds. The van der Waals surface area contributed by atoms with Crippen LogP contribution in [0, 0.1) is 0 Å². The number of carbonyl (C=O) groups excluding carboxylic acids is 1. The highest BCUT2D eigenvalue weighted by Gasteiger charge is 2.10. The van der Waals surface area contributed by atoms with Crippen LogP contribution < -0.4 is 0 Å². The molecule has 0 fully saturated rings. The lowest BCUT2D eigenvalue weighted by molar-refractivity contribution is -0.139. The number of carbonyl (C=O) groups is 1. The summed E-state index contributed by atoms with van der Waals surface area (Å²) in [6.07, 6.45) is 2.08. The van der Waals surface area contributed by atoms with Gasteiger partial charge in [0.1, 0.15) is 0 Å². The summed E-state index contributed by atoms with van der Waals surface area (Å²) < 4.78 is 4.70. The van der Waals surface area contributed by atoms with Crippen molar-refractivity contribution in [2.45, 2.75) is 13.0 Å². The van der Waals surface area contributed by atoms with Crippen molar-refractivity contribution in [3.63, 3.8) is 0 Å². The van der Waals surface area contributed by atoms with E-state index >= 15 is 0 Å². The minimum atomic E-state index is -0.245. The number of methoxy groups -OCH3 is 1. The van der Waals surface area contributed by atoms with E-state index in [0.29, 0.717) is 19.6 Å². The van der Waals surface area contributed by atoms with Gasteiger partial charge in [-0.15, -0.1) is 6.58 Å². The van der Waals surface area contributed by atoms with Gasteiger partial charge in [0.15, 0.2) is 0 Å². The average Bonchev–Trinajstić information content (AvgIpc) is 2.41. The summed E-state index contributed by atoms with van der Waals surface area (Å²) in [6, 6.07) is 7.77. The molecule has 0 radical (unpaired) electrons. The van der Waals surface area contributed by atoms with E-state index in [0.717, 1.165) is 11.1 Å². The third kappa shape index (κ3) is 5.24. The molecule has 1 aromatic rings. The topological polar surface area (TPSA) is 49.8 Å². The Morgan fingerprint density at radius 1 is 1.42 bits per heavy atom. The third-order valence-corrected chi connectivity index (χ3v) is 2.88. The number of nitrogens with zero attached hydrogens (tertiary/aromatic N) is 1. The van der Waals surface area contributed by atoms with Crippen LogP contribution >= 0.6 is 0 Å². The van der Waals surface area contributed by atoms with Gasteiger partial charge in [-0.2, -0.15) is 0 Å². The Bertz CT molecular complexity index is 418. The smallest absolute Gasteiger partial charge is 0.309 e. The van der Waals surface area contributed by atoms with E-state index in [1.165, 1.54) is 7.11 Å². The van der Waals surface area contributed by atoms with Gasteiger partial charge in [0.2, 0.25) is 0 Å². The maximum absolute atomic E-state index is 11.4. The Morgan fingerprint density at radius 2 is 2.11 bits per heavy atom. The predicted molar refractivity (Wildman–Crippen MR) is 74.7 cm³/mol. The summed E-state index contributed by atoms with van der Waals surface area (Å²) in [7, 11) is 1.39. The molecule has 0 spiro atoms. The molecular formula is C15H21NO3. The first-order chi connectivity index (χ1) is 9.21. The Morgan fingerprint density at radius 3 is 2.68 bits per heavy atom. The summed E-state index contributed by atoms with van der Waals surface area (Å²) in [5.41, 5.74) is 2.03. The van der Waals surface area contributed by atoms with E-state index in [4.69, 9.17) is 9.84 Å². The lowest BCUT2D eigenvalue weighted by Crippen LogP contribution is -2.27. The van der Waals surface area contributed by atoms with Gasteiger partial charge >= 0.3 is 5.97 Å². The van der Waals surface area contributed by atoms with Crippen LogP contribution in [0.5, 0.6) is 0 Å². The lowest BCUT2D eigenvalue weighted by Gasteiger charge is -2.21. The van der Waals surface area contributed by atoms with Crippen molar-refractivity contribution in [2.75, 3.05) is 26.8 Å². The molecule has 0 unspecified atom stereocenters. The number of hydrogen-bond donors (Lipinski definition) is 1. The van der Waals surface area contributed by atoms with Crippen LogP contribution in [0.4, 0.5) is 0 Å². The van der Waals surface area contributed by atoms with Gasteiger partial charge in [0, 0.05) is 19.6 Å².